The molecule has 2 aromatic rings. The second-order valence-corrected chi connectivity index (χ2v) is 5.45. The number of aliphatic imine (C=N–C) groups is 1. The van der Waals surface area contributed by atoms with E-state index in [4.69, 9.17) is 5.73 Å². The number of nitrogens with zero attached hydrogens (tertiary/aromatic N) is 1. The zero-order valence-corrected chi connectivity index (χ0v) is 14.8. The molecule has 1 atom stereocenters. The van der Waals surface area contributed by atoms with E-state index in [0.29, 0.717) is 18.4 Å². The van der Waals surface area contributed by atoms with Crippen molar-refractivity contribution in [3.63, 3.8) is 0 Å². The first kappa shape index (κ1) is 17.0. The molecule has 0 aliphatic heterocycles. The van der Waals surface area contributed by atoms with Crippen LogP contribution in [0.25, 0.3) is 0 Å². The molecule has 2 rings (SSSR count). The topological polar surface area (TPSA) is 50.4 Å². The minimum absolute atomic E-state index is 0. The van der Waals surface area contributed by atoms with Gasteiger partial charge < -0.3 is 11.1 Å². The molecule has 3 N–H and O–H groups in total. The molecule has 0 amide bonds. The van der Waals surface area contributed by atoms with Crippen molar-refractivity contribution >= 4 is 47.0 Å². The third-order valence-electron chi connectivity index (χ3n) is 2.97. The van der Waals surface area contributed by atoms with Crippen molar-refractivity contribution in [3.05, 3.63) is 52.2 Å². The van der Waals surface area contributed by atoms with Gasteiger partial charge in [-0.3, -0.25) is 4.99 Å². The highest BCUT2D eigenvalue weighted by Crippen LogP contribution is 2.18. The van der Waals surface area contributed by atoms with E-state index in [2.05, 4.69) is 41.0 Å². The van der Waals surface area contributed by atoms with Crippen molar-refractivity contribution in [1.29, 1.82) is 0 Å². The summed E-state index contributed by atoms with van der Waals surface area (Å²) in [5.74, 6) is 0.857. The first-order valence-corrected chi connectivity index (χ1v) is 7.25. The fourth-order valence-corrected chi connectivity index (χ4v) is 2.50. The van der Waals surface area contributed by atoms with E-state index in [1.54, 1.807) is 11.3 Å². The summed E-state index contributed by atoms with van der Waals surface area (Å²) < 4.78 is 0. The quantitative estimate of drug-likeness (QED) is 0.458. The van der Waals surface area contributed by atoms with Gasteiger partial charge in [0.05, 0.1) is 0 Å². The molecular formula is C15H20IN3S. The first-order valence-electron chi connectivity index (χ1n) is 6.31. The molecule has 0 saturated heterocycles. The molecule has 0 spiro atoms. The summed E-state index contributed by atoms with van der Waals surface area (Å²) in [7, 11) is 0. The Morgan fingerprint density at radius 1 is 1.30 bits per heavy atom. The van der Waals surface area contributed by atoms with Gasteiger partial charge in [0.25, 0.3) is 0 Å². The van der Waals surface area contributed by atoms with Crippen LogP contribution in [0, 0.1) is 6.92 Å². The van der Waals surface area contributed by atoms with Crippen molar-refractivity contribution in [1.82, 2.24) is 0 Å². The Kier molecular flexibility index (Phi) is 7.01. The Labute approximate surface area is 141 Å². The second kappa shape index (κ2) is 8.26. The van der Waals surface area contributed by atoms with E-state index < -0.39 is 0 Å². The second-order valence-electron chi connectivity index (χ2n) is 4.67. The summed E-state index contributed by atoms with van der Waals surface area (Å²) >= 11 is 1.71. The monoisotopic (exact) mass is 401 g/mol. The SMILES string of the molecule is Cc1ccc(NC(N)=NCC(C)c2ccsc2)cc1.I. The molecule has 0 aliphatic carbocycles. The standard InChI is InChI=1S/C15H19N3S.HI/c1-11-3-5-14(6-4-11)18-15(16)17-9-12(2)13-7-8-19-10-13;/h3-8,10,12H,9H2,1-2H3,(H3,16,17,18);1H. The third kappa shape index (κ3) is 5.13. The van der Waals surface area contributed by atoms with Crippen LogP contribution in [0.1, 0.15) is 24.0 Å². The largest absolute Gasteiger partial charge is 0.370 e. The van der Waals surface area contributed by atoms with Gasteiger partial charge in [0.1, 0.15) is 0 Å². The van der Waals surface area contributed by atoms with Crippen molar-refractivity contribution in [2.24, 2.45) is 10.7 Å². The number of aryl methyl sites for hydroxylation is 1. The molecule has 108 valence electrons. The Morgan fingerprint density at radius 3 is 2.60 bits per heavy atom. The number of halogens is 1. The smallest absolute Gasteiger partial charge is 0.193 e. The summed E-state index contributed by atoms with van der Waals surface area (Å²) in [6.07, 6.45) is 0. The molecule has 0 bridgehead atoms. The third-order valence-corrected chi connectivity index (χ3v) is 3.67. The maximum Gasteiger partial charge on any atom is 0.193 e. The number of anilines is 1. The van der Waals surface area contributed by atoms with Crippen LogP contribution in [0.2, 0.25) is 0 Å². The average Bonchev–Trinajstić information content (AvgIpc) is 2.93. The predicted octanol–water partition coefficient (Wildman–Crippen LogP) is 4.20. The number of rotatable bonds is 4. The lowest BCUT2D eigenvalue weighted by atomic mass is 10.1. The van der Waals surface area contributed by atoms with Gasteiger partial charge in [-0.25, -0.2) is 0 Å². The summed E-state index contributed by atoms with van der Waals surface area (Å²) in [6.45, 7) is 4.91. The van der Waals surface area contributed by atoms with Crippen LogP contribution in [0.5, 0.6) is 0 Å². The maximum absolute atomic E-state index is 5.89. The number of hydrogen-bond donors (Lipinski definition) is 2. The highest BCUT2D eigenvalue weighted by molar-refractivity contribution is 14.0. The molecule has 20 heavy (non-hydrogen) atoms. The summed E-state index contributed by atoms with van der Waals surface area (Å²) in [6, 6.07) is 10.2. The maximum atomic E-state index is 5.89. The first-order chi connectivity index (χ1) is 9.15. The van der Waals surface area contributed by atoms with Crippen LogP contribution in [0.4, 0.5) is 5.69 Å². The van der Waals surface area contributed by atoms with Crippen molar-refractivity contribution < 1.29 is 0 Å². The van der Waals surface area contributed by atoms with E-state index >= 15 is 0 Å². The van der Waals surface area contributed by atoms with Gasteiger partial charge in [-0.1, -0.05) is 24.6 Å². The number of nitrogens with one attached hydrogen (secondary N) is 1. The zero-order chi connectivity index (χ0) is 13.7. The molecule has 0 saturated carbocycles. The Morgan fingerprint density at radius 2 is 2.00 bits per heavy atom. The Hall–Kier alpha value is -1.08. The van der Waals surface area contributed by atoms with Crippen LogP contribution in [-0.4, -0.2) is 12.5 Å². The molecule has 0 radical (unpaired) electrons. The van der Waals surface area contributed by atoms with Crippen LogP contribution in [0.15, 0.2) is 46.1 Å². The van der Waals surface area contributed by atoms with Gasteiger partial charge in [0.15, 0.2) is 5.96 Å². The van der Waals surface area contributed by atoms with Gasteiger partial charge in [0, 0.05) is 18.2 Å². The average molecular weight is 401 g/mol. The van der Waals surface area contributed by atoms with Crippen molar-refractivity contribution in [2.75, 3.05) is 11.9 Å². The minimum atomic E-state index is 0. The highest BCUT2D eigenvalue weighted by Gasteiger charge is 2.05. The van der Waals surface area contributed by atoms with Crippen LogP contribution < -0.4 is 11.1 Å². The molecule has 1 aromatic heterocycles. The molecule has 0 fully saturated rings. The van der Waals surface area contributed by atoms with Gasteiger partial charge in [-0.05, 0) is 41.4 Å². The fraction of sp³-hybridized carbons (Fsp3) is 0.267. The number of thiophene rings is 1. The van der Waals surface area contributed by atoms with Crippen molar-refractivity contribution in [2.45, 2.75) is 19.8 Å². The zero-order valence-electron chi connectivity index (χ0n) is 11.7. The number of benzene rings is 1. The lowest BCUT2D eigenvalue weighted by Gasteiger charge is -2.09. The Balaban J connectivity index is 0.00000200. The molecule has 1 unspecified atom stereocenters. The van der Waals surface area contributed by atoms with Gasteiger partial charge in [0.2, 0.25) is 0 Å². The van der Waals surface area contributed by atoms with E-state index in [9.17, 15) is 0 Å². The Bertz CT molecular complexity index is 535. The van der Waals surface area contributed by atoms with E-state index in [1.165, 1.54) is 11.1 Å². The highest BCUT2D eigenvalue weighted by atomic mass is 127. The molecule has 3 nitrogen and oxygen atoms in total. The number of guanidine groups is 1. The lowest BCUT2D eigenvalue weighted by Crippen LogP contribution is -2.23. The summed E-state index contributed by atoms with van der Waals surface area (Å²) in [5.41, 5.74) is 9.40. The van der Waals surface area contributed by atoms with Crippen LogP contribution in [-0.2, 0) is 0 Å². The van der Waals surface area contributed by atoms with Gasteiger partial charge >= 0.3 is 0 Å². The lowest BCUT2D eigenvalue weighted by molar-refractivity contribution is 0.778. The molecule has 1 heterocycles. The normalized spacial score (nSPS) is 12.6. The van der Waals surface area contributed by atoms with E-state index in [0.717, 1.165) is 5.69 Å². The summed E-state index contributed by atoms with van der Waals surface area (Å²) in [4.78, 5) is 4.39. The number of nitrogens with two attached hydrogens (primary N) is 1. The van der Waals surface area contributed by atoms with Gasteiger partial charge in [-0.15, -0.1) is 24.0 Å². The molecule has 0 aliphatic rings. The predicted molar refractivity (Wildman–Crippen MR) is 99.4 cm³/mol. The number of hydrogen-bond acceptors (Lipinski definition) is 2. The van der Waals surface area contributed by atoms with Crippen LogP contribution >= 0.6 is 35.3 Å². The van der Waals surface area contributed by atoms with Gasteiger partial charge in [-0.2, -0.15) is 11.3 Å². The van der Waals surface area contributed by atoms with E-state index in [1.807, 2.05) is 24.3 Å². The molecule has 5 heteroatoms. The molecule has 1 aromatic carbocycles. The van der Waals surface area contributed by atoms with Crippen LogP contribution in [0.3, 0.4) is 0 Å². The van der Waals surface area contributed by atoms with Crippen molar-refractivity contribution in [3.8, 4) is 0 Å². The van der Waals surface area contributed by atoms with E-state index in [-0.39, 0.29) is 24.0 Å². The fourth-order valence-electron chi connectivity index (χ4n) is 1.72. The molecular weight excluding hydrogens is 381 g/mol. The minimum Gasteiger partial charge on any atom is -0.370 e. The summed E-state index contributed by atoms with van der Waals surface area (Å²) in [5, 5.41) is 7.34.